The summed E-state index contributed by atoms with van der Waals surface area (Å²) in [6.07, 6.45) is 4.74. The molecule has 2 aliphatic rings. The van der Waals surface area contributed by atoms with E-state index in [-0.39, 0.29) is 0 Å². The third kappa shape index (κ3) is 5.45. The van der Waals surface area contributed by atoms with Crippen LogP contribution in [0.4, 0.5) is 11.5 Å². The van der Waals surface area contributed by atoms with E-state index in [0.717, 1.165) is 62.6 Å². The van der Waals surface area contributed by atoms with Crippen molar-refractivity contribution in [3.63, 3.8) is 0 Å². The predicted molar refractivity (Wildman–Crippen MR) is 142 cm³/mol. The monoisotopic (exact) mass is 459 g/mol. The summed E-state index contributed by atoms with van der Waals surface area (Å²) < 4.78 is 0. The Labute approximate surface area is 202 Å². The van der Waals surface area contributed by atoms with Gasteiger partial charge >= 0.3 is 0 Å². The van der Waals surface area contributed by atoms with Gasteiger partial charge in [0.2, 0.25) is 0 Å². The van der Waals surface area contributed by atoms with Gasteiger partial charge in [0.25, 0.3) is 0 Å². The first-order valence-corrected chi connectivity index (χ1v) is 12.5. The number of hydrogen-bond acceptors (Lipinski definition) is 4. The zero-order valence-corrected chi connectivity index (χ0v) is 20.2. The Kier molecular flexibility index (Phi) is 6.74. The lowest BCUT2D eigenvalue weighted by Crippen LogP contribution is -2.45. The normalized spacial score (nSPS) is 17.4. The van der Waals surface area contributed by atoms with E-state index in [2.05, 4.69) is 82.0 Å². The second-order valence-corrected chi connectivity index (χ2v) is 9.77. The number of benzene rings is 2. The average molecular weight is 460 g/mol. The Balaban J connectivity index is 1.16. The van der Waals surface area contributed by atoms with Crippen LogP contribution < -0.4 is 15.5 Å². The van der Waals surface area contributed by atoms with Gasteiger partial charge in [0.15, 0.2) is 5.11 Å². The van der Waals surface area contributed by atoms with E-state index in [1.807, 2.05) is 0 Å². The molecule has 2 aromatic carbocycles. The van der Waals surface area contributed by atoms with Crippen molar-refractivity contribution in [1.82, 2.24) is 15.2 Å². The highest BCUT2D eigenvalue weighted by molar-refractivity contribution is 7.80. The molecular weight excluding hydrogens is 426 g/mol. The van der Waals surface area contributed by atoms with E-state index in [0.29, 0.717) is 11.2 Å². The van der Waals surface area contributed by atoms with Gasteiger partial charge in [0, 0.05) is 49.8 Å². The highest BCUT2D eigenvalue weighted by Gasteiger charge is 2.20. The molecule has 3 aromatic rings. The van der Waals surface area contributed by atoms with Crippen LogP contribution in [-0.2, 0) is 6.54 Å². The maximum atomic E-state index is 5.64. The highest BCUT2D eigenvalue weighted by atomic mass is 32.1. The molecular formula is C27H33N5S. The zero-order chi connectivity index (χ0) is 22.6. The number of rotatable bonds is 5. The maximum absolute atomic E-state index is 5.64. The van der Waals surface area contributed by atoms with Crippen LogP contribution in [0.3, 0.4) is 0 Å². The third-order valence-electron chi connectivity index (χ3n) is 6.86. The van der Waals surface area contributed by atoms with Crippen molar-refractivity contribution in [3.8, 4) is 0 Å². The molecule has 0 spiro atoms. The van der Waals surface area contributed by atoms with Crippen molar-refractivity contribution in [2.45, 2.75) is 45.2 Å². The van der Waals surface area contributed by atoms with Gasteiger partial charge in [-0.15, -0.1) is 0 Å². The molecule has 0 amide bonds. The second kappa shape index (κ2) is 10.1. The van der Waals surface area contributed by atoms with Gasteiger partial charge in [0.1, 0.15) is 5.82 Å². The Morgan fingerprint density at radius 2 is 1.76 bits per heavy atom. The number of nitrogens with one attached hydrogen (secondary N) is 2. The molecule has 2 N–H and O–H groups in total. The van der Waals surface area contributed by atoms with Crippen molar-refractivity contribution in [2.24, 2.45) is 0 Å². The number of thiocarbonyl (C=S) groups is 1. The summed E-state index contributed by atoms with van der Waals surface area (Å²) in [7, 11) is 0. The molecule has 0 bridgehead atoms. The van der Waals surface area contributed by atoms with Gasteiger partial charge < -0.3 is 15.5 Å². The Hall–Kier alpha value is -2.70. The van der Waals surface area contributed by atoms with Gasteiger partial charge in [-0.1, -0.05) is 30.3 Å². The van der Waals surface area contributed by atoms with E-state index in [1.165, 1.54) is 29.4 Å². The SMILES string of the molecule is Cc1cc(N2CCCC2)nc2ccc(NC(=S)NC3CCN(Cc4ccccc4)CC3)cc12. The molecule has 0 saturated carbocycles. The Bertz CT molecular complexity index is 1100. The summed E-state index contributed by atoms with van der Waals surface area (Å²) in [5.74, 6) is 1.11. The molecule has 1 aromatic heterocycles. The van der Waals surface area contributed by atoms with E-state index >= 15 is 0 Å². The molecule has 0 unspecified atom stereocenters. The molecule has 3 heterocycles. The molecule has 5 nitrogen and oxygen atoms in total. The van der Waals surface area contributed by atoms with Crippen molar-refractivity contribution in [3.05, 3.63) is 65.7 Å². The molecule has 2 saturated heterocycles. The standard InChI is InChI=1S/C27H33N5S/c1-20-17-26(32-13-5-6-14-32)30-25-10-9-23(18-24(20)25)29-27(33)28-22-11-15-31(16-12-22)19-21-7-3-2-4-8-21/h2-4,7-10,17-18,22H,5-6,11-16,19H2,1H3,(H2,28,29,33). The van der Waals surface area contributed by atoms with Crippen molar-refractivity contribution in [1.29, 1.82) is 0 Å². The van der Waals surface area contributed by atoms with Crippen LogP contribution in [0.5, 0.6) is 0 Å². The number of nitrogens with zero attached hydrogens (tertiary/aromatic N) is 3. The molecule has 0 atom stereocenters. The van der Waals surface area contributed by atoms with Gasteiger partial charge in [0.05, 0.1) is 5.52 Å². The second-order valence-electron chi connectivity index (χ2n) is 9.36. The Morgan fingerprint density at radius 1 is 1.00 bits per heavy atom. The summed E-state index contributed by atoms with van der Waals surface area (Å²) in [6.45, 7) is 7.61. The summed E-state index contributed by atoms with van der Waals surface area (Å²) in [4.78, 5) is 9.83. The Morgan fingerprint density at radius 3 is 2.52 bits per heavy atom. The van der Waals surface area contributed by atoms with Crippen molar-refractivity contribution >= 4 is 39.7 Å². The fraction of sp³-hybridized carbons (Fsp3) is 0.407. The topological polar surface area (TPSA) is 43.4 Å². The molecule has 2 aliphatic heterocycles. The third-order valence-corrected chi connectivity index (χ3v) is 7.08. The van der Waals surface area contributed by atoms with Crippen LogP contribution in [0.25, 0.3) is 10.9 Å². The van der Waals surface area contributed by atoms with Gasteiger partial charge in [-0.3, -0.25) is 4.90 Å². The lowest BCUT2D eigenvalue weighted by atomic mass is 10.0. The van der Waals surface area contributed by atoms with Crippen LogP contribution in [0, 0.1) is 6.92 Å². The molecule has 5 rings (SSSR count). The molecule has 0 aliphatic carbocycles. The van der Waals surface area contributed by atoms with Crippen LogP contribution in [-0.4, -0.2) is 47.2 Å². The minimum atomic E-state index is 0.420. The summed E-state index contributed by atoms with van der Waals surface area (Å²) in [5.41, 5.74) is 4.71. The first kappa shape index (κ1) is 22.1. The summed E-state index contributed by atoms with van der Waals surface area (Å²) in [5, 5.41) is 8.81. The number of pyridine rings is 1. The number of hydrogen-bond donors (Lipinski definition) is 2. The predicted octanol–water partition coefficient (Wildman–Crippen LogP) is 5.09. The summed E-state index contributed by atoms with van der Waals surface area (Å²) >= 11 is 5.64. The van der Waals surface area contributed by atoms with E-state index in [9.17, 15) is 0 Å². The van der Waals surface area contributed by atoms with E-state index in [4.69, 9.17) is 17.2 Å². The molecule has 0 radical (unpaired) electrons. The maximum Gasteiger partial charge on any atom is 0.170 e. The van der Waals surface area contributed by atoms with Crippen LogP contribution in [0.15, 0.2) is 54.6 Å². The van der Waals surface area contributed by atoms with Crippen LogP contribution >= 0.6 is 12.2 Å². The first-order valence-electron chi connectivity index (χ1n) is 12.1. The van der Waals surface area contributed by atoms with Gasteiger partial charge in [-0.25, -0.2) is 4.98 Å². The number of likely N-dealkylation sites (tertiary alicyclic amines) is 1. The molecule has 172 valence electrons. The molecule has 2 fully saturated rings. The zero-order valence-electron chi connectivity index (χ0n) is 19.4. The first-order chi connectivity index (χ1) is 16.1. The number of anilines is 2. The number of piperidine rings is 1. The fourth-order valence-electron chi connectivity index (χ4n) is 4.99. The lowest BCUT2D eigenvalue weighted by Gasteiger charge is -2.33. The van der Waals surface area contributed by atoms with Crippen molar-refractivity contribution in [2.75, 3.05) is 36.4 Å². The lowest BCUT2D eigenvalue weighted by molar-refractivity contribution is 0.199. The van der Waals surface area contributed by atoms with Crippen molar-refractivity contribution < 1.29 is 0 Å². The minimum Gasteiger partial charge on any atom is -0.360 e. The number of aromatic nitrogens is 1. The molecule has 33 heavy (non-hydrogen) atoms. The average Bonchev–Trinajstić information content (AvgIpc) is 3.36. The minimum absolute atomic E-state index is 0.420. The van der Waals surface area contributed by atoms with Crippen LogP contribution in [0.1, 0.15) is 36.8 Å². The smallest absolute Gasteiger partial charge is 0.170 e. The number of fused-ring (bicyclic) bond motifs is 1. The summed E-state index contributed by atoms with van der Waals surface area (Å²) in [6, 6.07) is 19.7. The van der Waals surface area contributed by atoms with E-state index in [1.54, 1.807) is 0 Å². The highest BCUT2D eigenvalue weighted by Crippen LogP contribution is 2.27. The number of aryl methyl sites for hydroxylation is 1. The van der Waals surface area contributed by atoms with Crippen LogP contribution in [0.2, 0.25) is 0 Å². The largest absolute Gasteiger partial charge is 0.360 e. The van der Waals surface area contributed by atoms with Gasteiger partial charge in [-0.05, 0) is 80.2 Å². The quantitative estimate of drug-likeness (QED) is 0.518. The molecule has 6 heteroatoms. The van der Waals surface area contributed by atoms with Gasteiger partial charge in [-0.2, -0.15) is 0 Å². The van der Waals surface area contributed by atoms with E-state index < -0.39 is 0 Å². The fourth-order valence-corrected chi connectivity index (χ4v) is 5.28.